The summed E-state index contributed by atoms with van der Waals surface area (Å²) in [4.78, 5) is 0. The number of halogens is 5. The average Bonchev–Trinajstić information content (AvgIpc) is 2.41. The van der Waals surface area contributed by atoms with Crippen molar-refractivity contribution in [1.82, 2.24) is 0 Å². The molecule has 0 saturated carbocycles. The molecule has 0 amide bonds. The van der Waals surface area contributed by atoms with Gasteiger partial charge in [0.2, 0.25) is 0 Å². The van der Waals surface area contributed by atoms with Crippen molar-refractivity contribution in [2.75, 3.05) is 5.32 Å². The molecule has 0 radical (unpaired) electrons. The van der Waals surface area contributed by atoms with Gasteiger partial charge < -0.3 is 5.32 Å². The molecular formula is C15H12Cl2F3N. The zero-order valence-electron chi connectivity index (χ0n) is 11.1. The minimum Gasteiger partial charge on any atom is -0.380 e. The number of hydrogen-bond donors (Lipinski definition) is 1. The van der Waals surface area contributed by atoms with Gasteiger partial charge in [-0.3, -0.25) is 0 Å². The Balaban J connectivity index is 2.08. The molecule has 0 heterocycles. The van der Waals surface area contributed by atoms with E-state index in [1.165, 1.54) is 12.1 Å². The van der Waals surface area contributed by atoms with Crippen molar-refractivity contribution < 1.29 is 13.2 Å². The highest BCUT2D eigenvalue weighted by Crippen LogP contribution is 2.30. The van der Waals surface area contributed by atoms with Gasteiger partial charge in [-0.1, -0.05) is 35.3 Å². The largest absolute Gasteiger partial charge is 0.416 e. The smallest absolute Gasteiger partial charge is 0.380 e. The summed E-state index contributed by atoms with van der Waals surface area (Å²) < 4.78 is 37.4. The molecule has 0 fully saturated rings. The highest BCUT2D eigenvalue weighted by atomic mass is 35.5. The summed E-state index contributed by atoms with van der Waals surface area (Å²) >= 11 is 12.1. The van der Waals surface area contributed by atoms with Crippen molar-refractivity contribution in [3.63, 3.8) is 0 Å². The van der Waals surface area contributed by atoms with Crippen LogP contribution in [0.5, 0.6) is 0 Å². The molecule has 0 aliphatic carbocycles. The third-order valence-corrected chi connectivity index (χ3v) is 3.73. The van der Waals surface area contributed by atoms with Crippen LogP contribution in [0.25, 0.3) is 0 Å². The molecule has 0 bridgehead atoms. The van der Waals surface area contributed by atoms with Crippen molar-refractivity contribution in [3.05, 3.63) is 63.1 Å². The van der Waals surface area contributed by atoms with Gasteiger partial charge in [-0.25, -0.2) is 0 Å². The van der Waals surface area contributed by atoms with Gasteiger partial charge in [-0.05, 0) is 42.3 Å². The molecule has 0 saturated heterocycles. The van der Waals surface area contributed by atoms with Gasteiger partial charge in [0.1, 0.15) is 0 Å². The summed E-state index contributed by atoms with van der Waals surface area (Å²) in [5, 5.41) is 4.15. The van der Waals surface area contributed by atoms with E-state index in [1.807, 2.05) is 6.92 Å². The van der Waals surface area contributed by atoms with Crippen molar-refractivity contribution in [2.45, 2.75) is 19.6 Å². The van der Waals surface area contributed by atoms with Crippen LogP contribution in [0.15, 0.2) is 36.4 Å². The van der Waals surface area contributed by atoms with Crippen LogP contribution < -0.4 is 5.32 Å². The lowest BCUT2D eigenvalue weighted by atomic mass is 10.1. The first kappa shape index (κ1) is 16.0. The van der Waals surface area contributed by atoms with E-state index in [1.54, 1.807) is 12.1 Å². The van der Waals surface area contributed by atoms with Crippen LogP contribution in [0.2, 0.25) is 10.0 Å². The van der Waals surface area contributed by atoms with Crippen LogP contribution >= 0.6 is 23.2 Å². The molecule has 1 N–H and O–H groups in total. The van der Waals surface area contributed by atoms with E-state index in [9.17, 15) is 13.2 Å². The van der Waals surface area contributed by atoms with Gasteiger partial charge in [0.15, 0.2) is 0 Å². The van der Waals surface area contributed by atoms with Gasteiger partial charge in [0, 0.05) is 11.6 Å². The Kier molecular flexibility index (Phi) is 4.69. The van der Waals surface area contributed by atoms with Crippen molar-refractivity contribution in [2.24, 2.45) is 0 Å². The molecule has 1 nitrogen and oxygen atoms in total. The van der Waals surface area contributed by atoms with Crippen LogP contribution in [0.3, 0.4) is 0 Å². The number of benzene rings is 2. The molecule has 2 aromatic rings. The lowest BCUT2D eigenvalue weighted by molar-refractivity contribution is -0.137. The molecule has 0 aliphatic rings. The Morgan fingerprint density at radius 3 is 2.19 bits per heavy atom. The van der Waals surface area contributed by atoms with Gasteiger partial charge in [0.05, 0.1) is 16.3 Å². The van der Waals surface area contributed by atoms with Crippen molar-refractivity contribution >= 4 is 28.9 Å². The number of aryl methyl sites for hydroxylation is 1. The van der Waals surface area contributed by atoms with Crippen LogP contribution in [-0.4, -0.2) is 0 Å². The summed E-state index contributed by atoms with van der Waals surface area (Å²) in [5.41, 5.74) is 1.56. The van der Waals surface area contributed by atoms with Gasteiger partial charge in [-0.2, -0.15) is 13.2 Å². The molecule has 0 aliphatic heterocycles. The SMILES string of the molecule is Cc1cc(Cl)c(NCc2ccc(C(F)(F)F)cc2)cc1Cl. The minimum absolute atomic E-state index is 0.358. The molecule has 0 unspecified atom stereocenters. The predicted molar refractivity (Wildman–Crippen MR) is 80.0 cm³/mol. The normalized spacial score (nSPS) is 11.5. The highest BCUT2D eigenvalue weighted by molar-refractivity contribution is 6.35. The van der Waals surface area contributed by atoms with Gasteiger partial charge in [0.25, 0.3) is 0 Å². The number of anilines is 1. The van der Waals surface area contributed by atoms with E-state index in [2.05, 4.69) is 5.32 Å². The third kappa shape index (κ3) is 4.05. The summed E-state index contributed by atoms with van der Waals surface area (Å²) in [5.74, 6) is 0. The first-order chi connectivity index (χ1) is 9.77. The fraction of sp³-hybridized carbons (Fsp3) is 0.200. The molecule has 0 atom stereocenters. The second-order valence-corrected chi connectivity index (χ2v) is 5.44. The Hall–Kier alpha value is -1.39. The zero-order chi connectivity index (χ0) is 15.6. The van der Waals surface area contributed by atoms with E-state index in [-0.39, 0.29) is 0 Å². The van der Waals surface area contributed by atoms with Crippen LogP contribution in [-0.2, 0) is 12.7 Å². The first-order valence-corrected chi connectivity index (χ1v) is 6.88. The molecule has 6 heteroatoms. The minimum atomic E-state index is -4.32. The monoisotopic (exact) mass is 333 g/mol. The molecule has 21 heavy (non-hydrogen) atoms. The molecule has 2 rings (SSSR count). The molecule has 2 aromatic carbocycles. The van der Waals surface area contributed by atoms with E-state index in [4.69, 9.17) is 23.2 Å². The maximum atomic E-state index is 12.5. The Morgan fingerprint density at radius 2 is 1.62 bits per heavy atom. The molecular weight excluding hydrogens is 322 g/mol. The third-order valence-electron chi connectivity index (χ3n) is 3.01. The van der Waals surface area contributed by atoms with Crippen molar-refractivity contribution in [1.29, 1.82) is 0 Å². The summed E-state index contributed by atoms with van der Waals surface area (Å²) in [7, 11) is 0. The predicted octanol–water partition coefficient (Wildman–Crippen LogP) is 5.93. The number of nitrogens with one attached hydrogen (secondary N) is 1. The molecule has 0 aromatic heterocycles. The fourth-order valence-electron chi connectivity index (χ4n) is 1.79. The zero-order valence-corrected chi connectivity index (χ0v) is 12.6. The maximum Gasteiger partial charge on any atom is 0.416 e. The first-order valence-electron chi connectivity index (χ1n) is 6.13. The second-order valence-electron chi connectivity index (χ2n) is 4.63. The number of alkyl halides is 3. The second kappa shape index (κ2) is 6.16. The van der Waals surface area contributed by atoms with Crippen LogP contribution in [0, 0.1) is 6.92 Å². The number of hydrogen-bond acceptors (Lipinski definition) is 1. The van der Waals surface area contributed by atoms with Gasteiger partial charge in [-0.15, -0.1) is 0 Å². The highest BCUT2D eigenvalue weighted by Gasteiger charge is 2.29. The van der Waals surface area contributed by atoms with Crippen molar-refractivity contribution in [3.8, 4) is 0 Å². The standard InChI is InChI=1S/C15H12Cl2F3N/c1-9-6-13(17)14(7-12(9)16)21-8-10-2-4-11(5-3-10)15(18,19)20/h2-7,21H,8H2,1H3. The Bertz CT molecular complexity index is 637. The molecule has 0 spiro atoms. The Labute approximate surface area is 130 Å². The average molecular weight is 334 g/mol. The fourth-order valence-corrected chi connectivity index (χ4v) is 2.24. The number of rotatable bonds is 3. The lowest BCUT2D eigenvalue weighted by Gasteiger charge is -2.11. The quantitative estimate of drug-likeness (QED) is 0.733. The summed E-state index contributed by atoms with van der Waals surface area (Å²) in [6.45, 7) is 2.20. The van der Waals surface area contributed by atoms with E-state index >= 15 is 0 Å². The van der Waals surface area contributed by atoms with E-state index in [0.717, 1.165) is 23.3 Å². The lowest BCUT2D eigenvalue weighted by Crippen LogP contribution is -2.05. The summed E-state index contributed by atoms with van der Waals surface area (Å²) in [6.07, 6.45) is -4.32. The van der Waals surface area contributed by atoms with Crippen LogP contribution in [0.1, 0.15) is 16.7 Å². The maximum absolute atomic E-state index is 12.5. The topological polar surface area (TPSA) is 12.0 Å². The van der Waals surface area contributed by atoms with E-state index < -0.39 is 11.7 Å². The molecule has 112 valence electrons. The van der Waals surface area contributed by atoms with Gasteiger partial charge >= 0.3 is 6.18 Å². The van der Waals surface area contributed by atoms with E-state index in [0.29, 0.717) is 22.3 Å². The summed E-state index contributed by atoms with van der Waals surface area (Å²) in [6, 6.07) is 8.41. The van der Waals surface area contributed by atoms with Crippen LogP contribution in [0.4, 0.5) is 18.9 Å². The Morgan fingerprint density at radius 1 is 1.00 bits per heavy atom.